The number of nitrogens with one attached hydrogen (secondary N) is 1. The summed E-state index contributed by atoms with van der Waals surface area (Å²) in [5.41, 5.74) is 5.44. The lowest BCUT2D eigenvalue weighted by molar-refractivity contribution is -0.142. The van der Waals surface area contributed by atoms with Crippen molar-refractivity contribution < 1.29 is 9.59 Å². The van der Waals surface area contributed by atoms with Crippen LogP contribution in [-0.2, 0) is 4.79 Å². The zero-order valence-corrected chi connectivity index (χ0v) is 9.82. The van der Waals surface area contributed by atoms with E-state index in [9.17, 15) is 9.59 Å². The van der Waals surface area contributed by atoms with E-state index in [0.29, 0.717) is 26.2 Å². The smallest absolute Gasteiger partial charge is 0.317 e. The second-order valence-electron chi connectivity index (χ2n) is 5.29. The highest BCUT2D eigenvalue weighted by atomic mass is 16.2. The van der Waals surface area contributed by atoms with E-state index in [1.54, 1.807) is 0 Å². The summed E-state index contributed by atoms with van der Waals surface area (Å²) in [6.07, 6.45) is 2.65. The van der Waals surface area contributed by atoms with Crippen molar-refractivity contribution in [3.05, 3.63) is 0 Å². The summed E-state index contributed by atoms with van der Waals surface area (Å²) in [5, 5.41) is 2.81. The van der Waals surface area contributed by atoms with Gasteiger partial charge in [-0.05, 0) is 19.3 Å². The molecule has 2 heterocycles. The molecule has 0 aromatic heterocycles. The first-order valence-electron chi connectivity index (χ1n) is 6.23. The number of carbonyl (C=O) groups excluding carboxylic acids is 2. The SMILES string of the molecule is NC1(C(=O)N2CCN3C(=O)NCC3C2)CCC1. The van der Waals surface area contributed by atoms with Gasteiger partial charge >= 0.3 is 6.03 Å². The summed E-state index contributed by atoms with van der Waals surface area (Å²) in [6.45, 7) is 2.50. The fourth-order valence-corrected chi connectivity index (χ4v) is 2.87. The molecule has 2 saturated heterocycles. The van der Waals surface area contributed by atoms with E-state index in [0.717, 1.165) is 19.3 Å². The number of hydrogen-bond acceptors (Lipinski definition) is 3. The van der Waals surface area contributed by atoms with Crippen LogP contribution in [0, 0.1) is 0 Å². The summed E-state index contributed by atoms with van der Waals surface area (Å²) >= 11 is 0. The number of urea groups is 1. The molecule has 1 aliphatic carbocycles. The second-order valence-corrected chi connectivity index (χ2v) is 5.29. The fourth-order valence-electron chi connectivity index (χ4n) is 2.87. The number of amides is 3. The number of nitrogens with zero attached hydrogens (tertiary/aromatic N) is 2. The number of fused-ring (bicyclic) bond motifs is 1. The molecule has 6 heteroatoms. The van der Waals surface area contributed by atoms with Crippen LogP contribution in [0.4, 0.5) is 4.79 Å². The highest BCUT2D eigenvalue weighted by Crippen LogP contribution is 2.31. The van der Waals surface area contributed by atoms with Crippen LogP contribution in [0.1, 0.15) is 19.3 Å². The summed E-state index contributed by atoms with van der Waals surface area (Å²) in [5.74, 6) is 0.0720. The molecule has 94 valence electrons. The van der Waals surface area contributed by atoms with E-state index in [4.69, 9.17) is 5.73 Å². The maximum atomic E-state index is 12.2. The molecule has 3 fully saturated rings. The van der Waals surface area contributed by atoms with Crippen molar-refractivity contribution in [2.45, 2.75) is 30.8 Å². The molecule has 0 aromatic rings. The molecule has 3 amide bonds. The number of piperazine rings is 1. The predicted molar refractivity (Wildman–Crippen MR) is 61.2 cm³/mol. The second kappa shape index (κ2) is 3.60. The van der Waals surface area contributed by atoms with Crippen LogP contribution in [0.25, 0.3) is 0 Å². The molecule has 1 atom stereocenters. The molecule has 1 saturated carbocycles. The Morgan fingerprint density at radius 1 is 1.41 bits per heavy atom. The summed E-state index contributed by atoms with van der Waals surface area (Å²) in [4.78, 5) is 27.3. The van der Waals surface area contributed by atoms with Gasteiger partial charge in [-0.1, -0.05) is 0 Å². The van der Waals surface area contributed by atoms with E-state index in [2.05, 4.69) is 5.32 Å². The van der Waals surface area contributed by atoms with Crippen molar-refractivity contribution in [2.24, 2.45) is 5.73 Å². The Balaban J connectivity index is 1.67. The van der Waals surface area contributed by atoms with Gasteiger partial charge in [0.25, 0.3) is 0 Å². The molecule has 0 radical (unpaired) electrons. The van der Waals surface area contributed by atoms with Crippen LogP contribution in [0.2, 0.25) is 0 Å². The molecule has 1 unspecified atom stereocenters. The van der Waals surface area contributed by atoms with Gasteiger partial charge in [-0.15, -0.1) is 0 Å². The Kier molecular flexibility index (Phi) is 2.29. The van der Waals surface area contributed by atoms with Gasteiger partial charge in [0.05, 0.1) is 11.6 Å². The zero-order chi connectivity index (χ0) is 12.0. The van der Waals surface area contributed by atoms with E-state index >= 15 is 0 Å². The third-order valence-corrected chi connectivity index (χ3v) is 4.19. The Morgan fingerprint density at radius 3 is 2.82 bits per heavy atom. The average Bonchev–Trinajstić information content (AvgIpc) is 2.66. The van der Waals surface area contributed by atoms with E-state index in [-0.39, 0.29) is 18.0 Å². The van der Waals surface area contributed by atoms with Gasteiger partial charge in [-0.2, -0.15) is 0 Å². The van der Waals surface area contributed by atoms with Crippen LogP contribution in [0.5, 0.6) is 0 Å². The Morgan fingerprint density at radius 2 is 2.18 bits per heavy atom. The lowest BCUT2D eigenvalue weighted by Crippen LogP contribution is -2.64. The van der Waals surface area contributed by atoms with Crippen molar-refractivity contribution >= 4 is 11.9 Å². The van der Waals surface area contributed by atoms with Gasteiger partial charge in [0.2, 0.25) is 5.91 Å². The molecule has 0 bridgehead atoms. The quantitative estimate of drug-likeness (QED) is 0.621. The highest BCUT2D eigenvalue weighted by Gasteiger charge is 2.45. The predicted octanol–water partition coefficient (Wildman–Crippen LogP) is -0.896. The van der Waals surface area contributed by atoms with Crippen LogP contribution in [0.3, 0.4) is 0 Å². The topological polar surface area (TPSA) is 78.7 Å². The van der Waals surface area contributed by atoms with Crippen molar-refractivity contribution in [1.29, 1.82) is 0 Å². The first-order valence-corrected chi connectivity index (χ1v) is 6.23. The maximum Gasteiger partial charge on any atom is 0.317 e. The molecule has 17 heavy (non-hydrogen) atoms. The van der Waals surface area contributed by atoms with Gasteiger partial charge in [0.1, 0.15) is 0 Å². The number of hydrogen-bond donors (Lipinski definition) is 2. The molecule has 0 spiro atoms. The minimum atomic E-state index is -0.613. The van der Waals surface area contributed by atoms with Gasteiger partial charge in [-0.25, -0.2) is 4.79 Å². The summed E-state index contributed by atoms with van der Waals surface area (Å²) in [7, 11) is 0. The molecule has 0 aromatic carbocycles. The van der Waals surface area contributed by atoms with Crippen LogP contribution >= 0.6 is 0 Å². The molecule has 3 N–H and O–H groups in total. The number of rotatable bonds is 1. The molecule has 3 aliphatic rings. The Labute approximate surface area is 100 Å². The van der Waals surface area contributed by atoms with Gasteiger partial charge in [-0.3, -0.25) is 4.79 Å². The zero-order valence-electron chi connectivity index (χ0n) is 9.82. The third-order valence-electron chi connectivity index (χ3n) is 4.19. The lowest BCUT2D eigenvalue weighted by atomic mass is 9.76. The molecule has 6 nitrogen and oxygen atoms in total. The molecular formula is C11H18N4O2. The highest BCUT2D eigenvalue weighted by molar-refractivity contribution is 5.87. The first-order chi connectivity index (χ1) is 8.10. The third kappa shape index (κ3) is 1.58. The van der Waals surface area contributed by atoms with Crippen molar-refractivity contribution in [1.82, 2.24) is 15.1 Å². The van der Waals surface area contributed by atoms with Gasteiger partial charge in [0.15, 0.2) is 0 Å². The summed E-state index contributed by atoms with van der Waals surface area (Å²) in [6, 6.07) is 0.122. The number of nitrogens with two attached hydrogens (primary N) is 1. The average molecular weight is 238 g/mol. The van der Waals surface area contributed by atoms with Crippen LogP contribution in [0.15, 0.2) is 0 Å². The molecule has 3 rings (SSSR count). The van der Waals surface area contributed by atoms with Crippen molar-refractivity contribution in [3.63, 3.8) is 0 Å². The summed E-state index contributed by atoms with van der Waals surface area (Å²) < 4.78 is 0. The molecular weight excluding hydrogens is 220 g/mol. The minimum absolute atomic E-state index is 0.00629. The maximum absolute atomic E-state index is 12.2. The van der Waals surface area contributed by atoms with E-state index in [1.807, 2.05) is 9.80 Å². The molecule has 2 aliphatic heterocycles. The van der Waals surface area contributed by atoms with E-state index in [1.165, 1.54) is 0 Å². The van der Waals surface area contributed by atoms with Crippen molar-refractivity contribution in [3.8, 4) is 0 Å². The Bertz CT molecular complexity index is 366. The number of carbonyl (C=O) groups is 2. The minimum Gasteiger partial charge on any atom is -0.337 e. The fraction of sp³-hybridized carbons (Fsp3) is 0.818. The Hall–Kier alpha value is -1.30. The van der Waals surface area contributed by atoms with E-state index < -0.39 is 5.54 Å². The van der Waals surface area contributed by atoms with Crippen LogP contribution in [-0.4, -0.2) is 59.5 Å². The normalized spacial score (nSPS) is 30.6. The first kappa shape index (κ1) is 10.8. The van der Waals surface area contributed by atoms with Crippen LogP contribution < -0.4 is 11.1 Å². The van der Waals surface area contributed by atoms with Gasteiger partial charge < -0.3 is 20.9 Å². The monoisotopic (exact) mass is 238 g/mol. The largest absolute Gasteiger partial charge is 0.337 e. The van der Waals surface area contributed by atoms with Gasteiger partial charge in [0, 0.05) is 26.2 Å². The standard InChI is InChI=1S/C11H18N4O2/c12-11(2-1-3-11)9(16)14-4-5-15-8(7-14)6-13-10(15)17/h8H,1-7,12H2,(H,13,17). The lowest BCUT2D eigenvalue weighted by Gasteiger charge is -2.44. The van der Waals surface area contributed by atoms with Crippen molar-refractivity contribution in [2.75, 3.05) is 26.2 Å².